The first-order valence-corrected chi connectivity index (χ1v) is 10.7. The molecule has 1 aromatic carbocycles. The lowest BCUT2D eigenvalue weighted by molar-refractivity contribution is -0.122. The Hall–Kier alpha value is -1.76. The standard InChI is InChI=1S/C19H19Cl2NO2S.CH2O2/c20-13-7-14(21)9-15(8-13)24-11-18-16(12-3-4-12)10-17(25-18)19(23)22-5-1-2-6-22;2-1-3/h7-10,12H,1-6,11H2;1H,(H,2,3). The first-order valence-electron chi connectivity index (χ1n) is 9.10. The van der Waals surface area contributed by atoms with Crippen LogP contribution in [-0.2, 0) is 11.4 Å². The molecule has 0 unspecified atom stereocenters. The Labute approximate surface area is 177 Å². The number of hydrogen-bond acceptors (Lipinski definition) is 4. The Morgan fingerprint density at radius 2 is 1.79 bits per heavy atom. The maximum Gasteiger partial charge on any atom is 0.290 e. The van der Waals surface area contributed by atoms with Gasteiger partial charge in [-0.05, 0) is 61.4 Å². The van der Waals surface area contributed by atoms with Crippen LogP contribution < -0.4 is 4.74 Å². The van der Waals surface area contributed by atoms with Gasteiger partial charge in [-0.1, -0.05) is 23.2 Å². The van der Waals surface area contributed by atoms with Crippen molar-refractivity contribution in [3.8, 4) is 5.75 Å². The highest BCUT2D eigenvalue weighted by atomic mass is 35.5. The Balaban J connectivity index is 0.000000706. The molecule has 0 atom stereocenters. The summed E-state index contributed by atoms with van der Waals surface area (Å²) in [5, 5.41) is 8.00. The summed E-state index contributed by atoms with van der Waals surface area (Å²) in [4.78, 5) is 25.0. The molecule has 2 aliphatic rings. The number of likely N-dealkylation sites (tertiary alicyclic amines) is 1. The molecule has 0 radical (unpaired) electrons. The van der Waals surface area contributed by atoms with Crippen molar-refractivity contribution in [1.82, 2.24) is 4.90 Å². The van der Waals surface area contributed by atoms with Gasteiger partial charge in [0, 0.05) is 28.0 Å². The summed E-state index contributed by atoms with van der Waals surface area (Å²) in [7, 11) is 0. The number of carbonyl (C=O) groups is 2. The van der Waals surface area contributed by atoms with Gasteiger partial charge in [-0.15, -0.1) is 11.3 Å². The van der Waals surface area contributed by atoms with Crippen molar-refractivity contribution in [1.29, 1.82) is 0 Å². The van der Waals surface area contributed by atoms with Gasteiger partial charge in [0.2, 0.25) is 0 Å². The topological polar surface area (TPSA) is 66.8 Å². The zero-order chi connectivity index (χ0) is 20.1. The summed E-state index contributed by atoms with van der Waals surface area (Å²) in [5.41, 5.74) is 1.28. The summed E-state index contributed by atoms with van der Waals surface area (Å²) >= 11 is 13.6. The number of benzene rings is 1. The molecule has 1 saturated heterocycles. The number of carbonyl (C=O) groups excluding carboxylic acids is 1. The van der Waals surface area contributed by atoms with Gasteiger partial charge in [0.05, 0.1) is 4.88 Å². The minimum Gasteiger partial charge on any atom is -0.488 e. The van der Waals surface area contributed by atoms with Crippen LogP contribution in [0.5, 0.6) is 5.75 Å². The minimum atomic E-state index is -0.250. The van der Waals surface area contributed by atoms with Gasteiger partial charge in [-0.25, -0.2) is 0 Å². The van der Waals surface area contributed by atoms with Gasteiger partial charge in [0.15, 0.2) is 0 Å². The second kappa shape index (κ2) is 9.63. The number of carboxylic acid groups (broad SMARTS) is 1. The quantitative estimate of drug-likeness (QED) is 0.626. The third kappa shape index (κ3) is 5.40. The van der Waals surface area contributed by atoms with Gasteiger partial charge in [0.1, 0.15) is 12.4 Å². The van der Waals surface area contributed by atoms with Crippen LogP contribution in [0, 0.1) is 0 Å². The molecule has 0 spiro atoms. The Morgan fingerprint density at radius 3 is 2.36 bits per heavy atom. The lowest BCUT2D eigenvalue weighted by Gasteiger charge is -2.13. The summed E-state index contributed by atoms with van der Waals surface area (Å²) in [6, 6.07) is 7.29. The third-order valence-corrected chi connectivity index (χ3v) is 6.22. The first-order chi connectivity index (χ1) is 13.5. The van der Waals surface area contributed by atoms with Gasteiger partial charge in [-0.3, -0.25) is 9.59 Å². The second-order valence-electron chi connectivity index (χ2n) is 6.76. The van der Waals surface area contributed by atoms with E-state index in [4.69, 9.17) is 37.8 Å². The summed E-state index contributed by atoms with van der Waals surface area (Å²) in [5.74, 6) is 1.40. The number of hydrogen-bond donors (Lipinski definition) is 1. The predicted molar refractivity (Wildman–Crippen MR) is 111 cm³/mol. The molecule has 2 fully saturated rings. The monoisotopic (exact) mass is 441 g/mol. The van der Waals surface area contributed by atoms with E-state index in [0.29, 0.717) is 28.3 Å². The van der Waals surface area contributed by atoms with Gasteiger partial charge in [-0.2, -0.15) is 0 Å². The van der Waals surface area contributed by atoms with Crippen molar-refractivity contribution in [3.05, 3.63) is 49.6 Å². The molecule has 2 aromatic rings. The van der Waals surface area contributed by atoms with E-state index in [-0.39, 0.29) is 12.4 Å². The van der Waals surface area contributed by atoms with Crippen molar-refractivity contribution < 1.29 is 19.4 Å². The predicted octanol–water partition coefficient (Wildman–Crippen LogP) is 5.45. The molecule has 150 valence electrons. The van der Waals surface area contributed by atoms with Crippen LogP contribution >= 0.6 is 34.5 Å². The maximum absolute atomic E-state index is 12.7. The highest BCUT2D eigenvalue weighted by Gasteiger charge is 2.30. The molecule has 1 saturated carbocycles. The summed E-state index contributed by atoms with van der Waals surface area (Å²) in [6.07, 6.45) is 4.62. The fourth-order valence-electron chi connectivity index (χ4n) is 3.24. The Kier molecular flexibility index (Phi) is 7.21. The zero-order valence-electron chi connectivity index (χ0n) is 15.2. The molecular formula is C20H21Cl2NO4S. The SMILES string of the molecule is O=C(c1cc(C2CC2)c(COc2cc(Cl)cc(Cl)c2)s1)N1CCCC1.O=CO. The second-order valence-corrected chi connectivity index (χ2v) is 8.77. The number of ether oxygens (including phenoxy) is 1. The van der Waals surface area contributed by atoms with E-state index in [1.54, 1.807) is 29.5 Å². The summed E-state index contributed by atoms with van der Waals surface area (Å²) < 4.78 is 5.91. The van der Waals surface area contributed by atoms with Crippen LogP contribution in [0.4, 0.5) is 0 Å². The van der Waals surface area contributed by atoms with E-state index < -0.39 is 0 Å². The van der Waals surface area contributed by atoms with E-state index in [1.807, 2.05) is 4.90 Å². The van der Waals surface area contributed by atoms with E-state index in [0.717, 1.165) is 35.7 Å². The van der Waals surface area contributed by atoms with Crippen LogP contribution in [0.2, 0.25) is 10.0 Å². The molecule has 1 aromatic heterocycles. The van der Waals surface area contributed by atoms with Crippen LogP contribution in [0.25, 0.3) is 0 Å². The molecule has 28 heavy (non-hydrogen) atoms. The van der Waals surface area contributed by atoms with Gasteiger partial charge in [0.25, 0.3) is 12.4 Å². The minimum absolute atomic E-state index is 0.168. The average molecular weight is 442 g/mol. The fraction of sp³-hybridized carbons (Fsp3) is 0.400. The highest BCUT2D eigenvalue weighted by molar-refractivity contribution is 7.14. The molecule has 1 amide bonds. The molecule has 4 rings (SSSR count). The Bertz CT molecular complexity index is 824. The van der Waals surface area contributed by atoms with E-state index in [2.05, 4.69) is 6.07 Å². The van der Waals surface area contributed by atoms with Crippen molar-refractivity contribution in [2.45, 2.75) is 38.2 Å². The molecular weight excluding hydrogens is 421 g/mol. The van der Waals surface area contributed by atoms with E-state index >= 15 is 0 Å². The van der Waals surface area contributed by atoms with Crippen LogP contribution in [0.3, 0.4) is 0 Å². The molecule has 1 aliphatic carbocycles. The molecule has 1 aliphatic heterocycles. The van der Waals surface area contributed by atoms with Crippen LogP contribution in [0.1, 0.15) is 51.7 Å². The normalized spacial score (nSPS) is 15.7. The number of rotatable bonds is 5. The lowest BCUT2D eigenvalue weighted by Crippen LogP contribution is -2.26. The fourth-order valence-corrected chi connectivity index (χ4v) is 4.87. The largest absolute Gasteiger partial charge is 0.488 e. The number of halogens is 2. The van der Waals surface area contributed by atoms with Crippen molar-refractivity contribution in [2.24, 2.45) is 0 Å². The number of thiophene rings is 1. The van der Waals surface area contributed by atoms with Crippen LogP contribution in [0.15, 0.2) is 24.3 Å². The van der Waals surface area contributed by atoms with E-state index in [9.17, 15) is 4.79 Å². The smallest absolute Gasteiger partial charge is 0.290 e. The maximum atomic E-state index is 12.7. The van der Waals surface area contributed by atoms with Gasteiger partial charge >= 0.3 is 0 Å². The zero-order valence-corrected chi connectivity index (χ0v) is 17.5. The molecule has 0 bridgehead atoms. The van der Waals surface area contributed by atoms with Gasteiger partial charge < -0.3 is 14.7 Å². The van der Waals surface area contributed by atoms with Crippen molar-refractivity contribution >= 4 is 46.9 Å². The lowest BCUT2D eigenvalue weighted by atomic mass is 10.1. The number of nitrogens with zero attached hydrogens (tertiary/aromatic N) is 1. The first kappa shape index (κ1) is 21.0. The average Bonchev–Trinajstić information content (AvgIpc) is 3.18. The third-order valence-electron chi connectivity index (χ3n) is 4.67. The highest BCUT2D eigenvalue weighted by Crippen LogP contribution is 2.45. The van der Waals surface area contributed by atoms with Crippen LogP contribution in [-0.4, -0.2) is 35.5 Å². The molecule has 8 heteroatoms. The molecule has 5 nitrogen and oxygen atoms in total. The van der Waals surface area contributed by atoms with Crippen molar-refractivity contribution in [3.63, 3.8) is 0 Å². The van der Waals surface area contributed by atoms with Crippen molar-refractivity contribution in [2.75, 3.05) is 13.1 Å². The Morgan fingerprint density at radius 1 is 1.18 bits per heavy atom. The van der Waals surface area contributed by atoms with E-state index in [1.165, 1.54) is 18.4 Å². The molecule has 2 heterocycles. The number of amides is 1. The summed E-state index contributed by atoms with van der Waals surface area (Å²) in [6.45, 7) is 1.95. The molecule has 1 N–H and O–H groups in total.